The molecule has 3 saturated carbocycles. The zero-order valence-corrected chi connectivity index (χ0v) is 34.2. The van der Waals surface area contributed by atoms with Crippen LogP contribution in [-0.2, 0) is 29.2 Å². The van der Waals surface area contributed by atoms with E-state index in [-0.39, 0.29) is 30.1 Å². The Morgan fingerprint density at radius 1 is 1.00 bits per heavy atom. The second kappa shape index (κ2) is 15.2. The molecule has 2 aromatic carbocycles. The SMILES string of the molecule is C=C[C@@H]1C[C@]1(NC(=O)[C@@H]1C[C@@](SC(C)C)(c2ccc(-c3ccccc3)cc2)CN1C(=O)[C@@H](NC(=O)O)C(C)(C)CC1(C)CCCC1)C(=O)NS(=O)(=O)C1CC1. The number of carbonyl (C=O) groups is 4. The predicted octanol–water partition coefficient (Wildman–Crippen LogP) is 6.59. The van der Waals surface area contributed by atoms with Crippen LogP contribution in [0.2, 0.25) is 0 Å². The van der Waals surface area contributed by atoms with Crippen molar-refractivity contribution in [1.29, 1.82) is 0 Å². The molecule has 13 heteroatoms. The minimum atomic E-state index is -3.90. The molecule has 0 unspecified atom stereocenters. The fraction of sp³-hybridized carbons (Fsp3) is 0.571. The van der Waals surface area contributed by atoms with Crippen LogP contribution < -0.4 is 15.4 Å². The zero-order chi connectivity index (χ0) is 40.0. The number of carboxylic acid groups (broad SMARTS) is 1. The highest BCUT2D eigenvalue weighted by Crippen LogP contribution is 2.52. The van der Waals surface area contributed by atoms with E-state index < -0.39 is 72.8 Å². The molecule has 298 valence electrons. The summed E-state index contributed by atoms with van der Waals surface area (Å²) < 4.78 is 27.1. The van der Waals surface area contributed by atoms with Crippen molar-refractivity contribution in [1.82, 2.24) is 20.3 Å². The first-order valence-electron chi connectivity index (χ1n) is 19.5. The van der Waals surface area contributed by atoms with Crippen LogP contribution in [0.5, 0.6) is 0 Å². The van der Waals surface area contributed by atoms with E-state index in [2.05, 4.69) is 42.7 Å². The standard InChI is InChI=1S/C42H56N4O7S2/c1-7-30-23-42(30,37(49)45-55(52,53)32-19-20-32)44-35(47)33-24-41(54-27(2)3,31-17-15-29(16-18-31)28-13-9-8-10-14-28)26-46(33)36(48)34(43-38(50)51)39(4,5)25-40(6)21-11-12-22-40/h7-10,13-18,27,30,32-34,43H,1,11-12,19-26H2,2-6H3,(H,44,47)(H,45,49)(H,50,51)/t30-,33+,34-,41+,42-/m1/s1. The Balaban J connectivity index is 1.38. The lowest BCUT2D eigenvalue weighted by molar-refractivity contribution is -0.143. The van der Waals surface area contributed by atoms with E-state index in [0.29, 0.717) is 19.3 Å². The average molecular weight is 793 g/mol. The van der Waals surface area contributed by atoms with Gasteiger partial charge in [-0.25, -0.2) is 13.2 Å². The Bertz CT molecular complexity index is 1910. The number of rotatable bonds is 15. The van der Waals surface area contributed by atoms with E-state index in [1.54, 1.807) is 11.8 Å². The highest BCUT2D eigenvalue weighted by molar-refractivity contribution is 8.00. The van der Waals surface area contributed by atoms with E-state index in [4.69, 9.17) is 0 Å². The highest BCUT2D eigenvalue weighted by Gasteiger charge is 2.63. The molecule has 4 aliphatic rings. The van der Waals surface area contributed by atoms with E-state index >= 15 is 4.79 Å². The van der Waals surface area contributed by atoms with Gasteiger partial charge in [-0.05, 0) is 77.7 Å². The maximum atomic E-state index is 15.1. The largest absolute Gasteiger partial charge is 0.465 e. The van der Waals surface area contributed by atoms with Gasteiger partial charge in [0.1, 0.15) is 17.6 Å². The summed E-state index contributed by atoms with van der Waals surface area (Å²) in [5, 5.41) is 15.0. The van der Waals surface area contributed by atoms with Crippen LogP contribution in [0.3, 0.4) is 0 Å². The first-order valence-corrected chi connectivity index (χ1v) is 21.9. The third kappa shape index (κ3) is 8.62. The molecule has 1 aliphatic heterocycles. The molecule has 6 rings (SSSR count). The Morgan fingerprint density at radius 3 is 2.16 bits per heavy atom. The first kappa shape index (κ1) is 40.8. The smallest absolute Gasteiger partial charge is 0.405 e. The topological polar surface area (TPSA) is 162 Å². The van der Waals surface area contributed by atoms with Crippen LogP contribution >= 0.6 is 11.8 Å². The molecular weight excluding hydrogens is 737 g/mol. The third-order valence-electron chi connectivity index (χ3n) is 12.1. The second-order valence-corrected chi connectivity index (χ2v) is 21.5. The van der Waals surface area contributed by atoms with E-state index in [9.17, 15) is 27.9 Å². The van der Waals surface area contributed by atoms with Gasteiger partial charge < -0.3 is 20.6 Å². The normalized spacial score (nSPS) is 26.6. The molecule has 11 nitrogen and oxygen atoms in total. The summed E-state index contributed by atoms with van der Waals surface area (Å²) in [4.78, 5) is 57.4. The molecule has 4 amide bonds. The van der Waals surface area contributed by atoms with Gasteiger partial charge in [-0.3, -0.25) is 19.1 Å². The van der Waals surface area contributed by atoms with Gasteiger partial charge in [0.05, 0.1) is 10.00 Å². The summed E-state index contributed by atoms with van der Waals surface area (Å²) in [6.45, 7) is 14.1. The van der Waals surface area contributed by atoms with Crippen molar-refractivity contribution in [3.8, 4) is 11.1 Å². The van der Waals surface area contributed by atoms with E-state index in [1.165, 1.54) is 11.0 Å². The maximum Gasteiger partial charge on any atom is 0.405 e. The van der Waals surface area contributed by atoms with Crippen LogP contribution in [0.25, 0.3) is 11.1 Å². The zero-order valence-electron chi connectivity index (χ0n) is 32.6. The quantitative estimate of drug-likeness (QED) is 0.147. The average Bonchev–Trinajstić information content (AvgIpc) is 4.03. The number of nitrogens with zero attached hydrogens (tertiary/aromatic N) is 1. The Morgan fingerprint density at radius 2 is 1.62 bits per heavy atom. The molecule has 4 N–H and O–H groups in total. The molecule has 5 atom stereocenters. The summed E-state index contributed by atoms with van der Waals surface area (Å²) in [5.41, 5.74) is 0.561. The lowest BCUT2D eigenvalue weighted by Gasteiger charge is -2.41. The van der Waals surface area contributed by atoms with Gasteiger partial charge in [-0.2, -0.15) is 0 Å². The molecule has 55 heavy (non-hydrogen) atoms. The number of sulfonamides is 1. The van der Waals surface area contributed by atoms with Crippen molar-refractivity contribution < 1.29 is 32.7 Å². The number of amides is 4. The van der Waals surface area contributed by atoms with Crippen LogP contribution in [0.4, 0.5) is 4.79 Å². The number of carbonyl (C=O) groups excluding carboxylic acids is 3. The number of thioether (sulfide) groups is 1. The lowest BCUT2D eigenvalue weighted by Crippen LogP contribution is -2.60. The minimum absolute atomic E-state index is 0.0615. The molecule has 0 bridgehead atoms. The molecule has 0 aromatic heterocycles. The predicted molar refractivity (Wildman–Crippen MR) is 216 cm³/mol. The minimum Gasteiger partial charge on any atom is -0.465 e. The summed E-state index contributed by atoms with van der Waals surface area (Å²) in [6, 6.07) is 15.8. The number of hydrogen-bond donors (Lipinski definition) is 4. The Hall–Kier alpha value is -3.84. The second-order valence-electron chi connectivity index (χ2n) is 17.5. The van der Waals surface area contributed by atoms with E-state index in [1.807, 2.05) is 68.4 Å². The first-order chi connectivity index (χ1) is 25.8. The van der Waals surface area contributed by atoms with Crippen molar-refractivity contribution in [3.63, 3.8) is 0 Å². The monoisotopic (exact) mass is 792 g/mol. The molecular formula is C42H56N4O7S2. The van der Waals surface area contributed by atoms with Crippen molar-refractivity contribution in [2.24, 2.45) is 16.7 Å². The lowest BCUT2D eigenvalue weighted by atomic mass is 9.69. The maximum absolute atomic E-state index is 15.1. The van der Waals surface area contributed by atoms with Gasteiger partial charge in [0.2, 0.25) is 21.8 Å². The summed E-state index contributed by atoms with van der Waals surface area (Å²) >= 11 is 1.64. The fourth-order valence-corrected chi connectivity index (χ4v) is 12.3. The van der Waals surface area contributed by atoms with Crippen LogP contribution in [0.1, 0.15) is 98.0 Å². The third-order valence-corrected chi connectivity index (χ3v) is 15.4. The van der Waals surface area contributed by atoms with E-state index in [0.717, 1.165) is 42.4 Å². The van der Waals surface area contributed by atoms with Gasteiger partial charge in [0.15, 0.2) is 0 Å². The van der Waals surface area contributed by atoms with Gasteiger partial charge in [0.25, 0.3) is 5.91 Å². The van der Waals surface area contributed by atoms with Crippen LogP contribution in [0, 0.1) is 16.7 Å². The molecule has 1 heterocycles. The summed E-state index contributed by atoms with van der Waals surface area (Å²) in [5.74, 6) is -2.43. The van der Waals surface area contributed by atoms with Crippen LogP contribution in [0.15, 0.2) is 67.3 Å². The molecule has 0 radical (unpaired) electrons. The Kier molecular flexibility index (Phi) is 11.3. The van der Waals surface area contributed by atoms with Crippen molar-refractivity contribution >= 4 is 45.6 Å². The fourth-order valence-electron chi connectivity index (χ4n) is 9.26. The van der Waals surface area contributed by atoms with Crippen molar-refractivity contribution in [2.45, 2.75) is 125 Å². The molecule has 0 spiro atoms. The Labute approximate surface area is 329 Å². The van der Waals surface area contributed by atoms with Gasteiger partial charge in [-0.1, -0.05) is 108 Å². The number of likely N-dealkylation sites (tertiary alicyclic amines) is 1. The number of benzene rings is 2. The molecule has 1 saturated heterocycles. The number of nitrogens with one attached hydrogen (secondary N) is 3. The highest BCUT2D eigenvalue weighted by atomic mass is 32.2. The van der Waals surface area contributed by atoms with Gasteiger partial charge in [0, 0.05) is 12.5 Å². The number of hydrogen-bond acceptors (Lipinski definition) is 7. The van der Waals surface area contributed by atoms with Crippen LogP contribution in [-0.4, -0.2) is 76.9 Å². The summed E-state index contributed by atoms with van der Waals surface area (Å²) in [6.07, 6.45) is 6.21. The van der Waals surface area contributed by atoms with Gasteiger partial charge in [-0.15, -0.1) is 18.3 Å². The van der Waals surface area contributed by atoms with Crippen molar-refractivity contribution in [2.75, 3.05) is 6.54 Å². The van der Waals surface area contributed by atoms with Crippen molar-refractivity contribution in [3.05, 3.63) is 72.8 Å². The van der Waals surface area contributed by atoms with Gasteiger partial charge >= 0.3 is 6.09 Å². The molecule has 2 aromatic rings. The summed E-state index contributed by atoms with van der Waals surface area (Å²) in [7, 11) is -3.90. The molecule has 4 fully saturated rings. The molecule has 3 aliphatic carbocycles.